The summed E-state index contributed by atoms with van der Waals surface area (Å²) in [6.07, 6.45) is 3.33. The molecule has 0 aliphatic heterocycles. The molecule has 1 amide bonds. The molecule has 1 fully saturated rings. The van der Waals surface area contributed by atoms with Crippen molar-refractivity contribution in [3.05, 3.63) is 0 Å². The Balaban J connectivity index is 2.10. The molecule has 0 radical (unpaired) electrons. The van der Waals surface area contributed by atoms with Gasteiger partial charge in [-0.15, -0.1) is 0 Å². The van der Waals surface area contributed by atoms with Crippen LogP contribution >= 0.6 is 0 Å². The molecule has 1 atom stereocenters. The first-order valence-corrected chi connectivity index (χ1v) is 4.23. The van der Waals surface area contributed by atoms with Crippen LogP contribution in [0.3, 0.4) is 0 Å². The monoisotopic (exact) mass is 156 g/mol. The number of nitrogens with one attached hydrogen (secondary N) is 1. The van der Waals surface area contributed by atoms with E-state index in [9.17, 15) is 4.79 Å². The lowest BCUT2D eigenvalue weighted by molar-refractivity contribution is -0.127. The predicted octanol–water partition coefficient (Wildman–Crippen LogP) is 0.250. The highest BCUT2D eigenvalue weighted by molar-refractivity contribution is 5.79. The van der Waals surface area contributed by atoms with E-state index in [1.807, 2.05) is 6.92 Å². The topological polar surface area (TPSA) is 55.1 Å². The molecule has 1 saturated carbocycles. The summed E-state index contributed by atoms with van der Waals surface area (Å²) in [5.41, 5.74) is 5.49. The maximum absolute atomic E-state index is 11.2. The summed E-state index contributed by atoms with van der Waals surface area (Å²) in [5.74, 6) is 0.474. The van der Waals surface area contributed by atoms with Crippen molar-refractivity contribution in [2.45, 2.75) is 32.2 Å². The Morgan fingerprint density at radius 1 is 1.73 bits per heavy atom. The zero-order valence-corrected chi connectivity index (χ0v) is 6.97. The van der Waals surface area contributed by atoms with Gasteiger partial charge in [0.1, 0.15) is 0 Å². The molecule has 1 unspecified atom stereocenters. The SMILES string of the molecule is CC(N)CNC(=O)C1CCC1. The lowest BCUT2D eigenvalue weighted by atomic mass is 9.85. The molecule has 0 bridgehead atoms. The molecule has 3 N–H and O–H groups in total. The van der Waals surface area contributed by atoms with Crippen molar-refractivity contribution >= 4 is 5.91 Å². The van der Waals surface area contributed by atoms with E-state index in [1.54, 1.807) is 0 Å². The molecular weight excluding hydrogens is 140 g/mol. The van der Waals surface area contributed by atoms with Crippen LogP contribution in [0.2, 0.25) is 0 Å². The van der Waals surface area contributed by atoms with Gasteiger partial charge in [0.25, 0.3) is 0 Å². The molecule has 1 rings (SSSR count). The molecule has 1 aliphatic carbocycles. The van der Waals surface area contributed by atoms with E-state index in [-0.39, 0.29) is 17.9 Å². The van der Waals surface area contributed by atoms with Crippen LogP contribution in [0.25, 0.3) is 0 Å². The van der Waals surface area contributed by atoms with E-state index in [0.29, 0.717) is 6.54 Å². The zero-order chi connectivity index (χ0) is 8.27. The molecule has 0 saturated heterocycles. The minimum Gasteiger partial charge on any atom is -0.354 e. The number of hydrogen-bond donors (Lipinski definition) is 2. The molecule has 3 heteroatoms. The molecule has 0 aromatic carbocycles. The van der Waals surface area contributed by atoms with Gasteiger partial charge in [-0.2, -0.15) is 0 Å². The summed E-state index contributed by atoms with van der Waals surface area (Å²) in [7, 11) is 0. The van der Waals surface area contributed by atoms with Crippen molar-refractivity contribution in [1.82, 2.24) is 5.32 Å². The number of carbonyl (C=O) groups excluding carboxylic acids is 1. The number of rotatable bonds is 3. The highest BCUT2D eigenvalue weighted by Gasteiger charge is 2.24. The number of amides is 1. The average molecular weight is 156 g/mol. The van der Waals surface area contributed by atoms with E-state index >= 15 is 0 Å². The lowest BCUT2D eigenvalue weighted by Gasteiger charge is -2.24. The molecule has 0 aromatic heterocycles. The third-order valence-electron chi connectivity index (χ3n) is 2.07. The van der Waals surface area contributed by atoms with Gasteiger partial charge in [-0.25, -0.2) is 0 Å². The van der Waals surface area contributed by atoms with Gasteiger partial charge >= 0.3 is 0 Å². The summed E-state index contributed by atoms with van der Waals surface area (Å²) in [4.78, 5) is 11.2. The van der Waals surface area contributed by atoms with Crippen molar-refractivity contribution in [3.8, 4) is 0 Å². The third-order valence-corrected chi connectivity index (χ3v) is 2.07. The van der Waals surface area contributed by atoms with Crippen LogP contribution in [0.1, 0.15) is 26.2 Å². The van der Waals surface area contributed by atoms with Gasteiger partial charge in [0, 0.05) is 18.5 Å². The van der Waals surface area contributed by atoms with Crippen LogP contribution in [0.4, 0.5) is 0 Å². The highest BCUT2D eigenvalue weighted by Crippen LogP contribution is 2.25. The zero-order valence-electron chi connectivity index (χ0n) is 6.97. The maximum atomic E-state index is 11.2. The quantitative estimate of drug-likeness (QED) is 0.615. The van der Waals surface area contributed by atoms with Crippen LogP contribution in [-0.2, 0) is 4.79 Å². The first-order chi connectivity index (χ1) is 5.20. The van der Waals surface area contributed by atoms with Gasteiger partial charge in [-0.1, -0.05) is 6.42 Å². The largest absolute Gasteiger partial charge is 0.354 e. The molecular formula is C8H16N2O. The van der Waals surface area contributed by atoms with Gasteiger partial charge in [-0.05, 0) is 19.8 Å². The average Bonchev–Trinajstić information content (AvgIpc) is 1.79. The van der Waals surface area contributed by atoms with Crippen molar-refractivity contribution in [1.29, 1.82) is 0 Å². The minimum atomic E-state index is 0.0685. The maximum Gasteiger partial charge on any atom is 0.223 e. The van der Waals surface area contributed by atoms with E-state index in [4.69, 9.17) is 5.73 Å². The smallest absolute Gasteiger partial charge is 0.223 e. The van der Waals surface area contributed by atoms with Crippen LogP contribution in [0.15, 0.2) is 0 Å². The molecule has 3 nitrogen and oxygen atoms in total. The predicted molar refractivity (Wildman–Crippen MR) is 44.0 cm³/mol. The first kappa shape index (κ1) is 8.53. The Labute approximate surface area is 67.3 Å². The number of hydrogen-bond acceptors (Lipinski definition) is 2. The molecule has 64 valence electrons. The second-order valence-corrected chi connectivity index (χ2v) is 3.35. The summed E-state index contributed by atoms with van der Waals surface area (Å²) in [6, 6.07) is 0.0685. The second kappa shape index (κ2) is 3.72. The van der Waals surface area contributed by atoms with Gasteiger partial charge in [0.05, 0.1) is 0 Å². The van der Waals surface area contributed by atoms with Crippen LogP contribution in [0.5, 0.6) is 0 Å². The van der Waals surface area contributed by atoms with Crippen molar-refractivity contribution < 1.29 is 4.79 Å². The number of carbonyl (C=O) groups is 1. The molecule has 0 spiro atoms. The summed E-state index contributed by atoms with van der Waals surface area (Å²) >= 11 is 0. The summed E-state index contributed by atoms with van der Waals surface area (Å²) in [6.45, 7) is 2.50. The van der Waals surface area contributed by atoms with Gasteiger partial charge in [0.15, 0.2) is 0 Å². The molecule has 0 heterocycles. The summed E-state index contributed by atoms with van der Waals surface area (Å²) < 4.78 is 0. The first-order valence-electron chi connectivity index (χ1n) is 4.23. The van der Waals surface area contributed by atoms with Crippen LogP contribution < -0.4 is 11.1 Å². The van der Waals surface area contributed by atoms with Crippen LogP contribution in [-0.4, -0.2) is 18.5 Å². The van der Waals surface area contributed by atoms with E-state index < -0.39 is 0 Å². The second-order valence-electron chi connectivity index (χ2n) is 3.35. The standard InChI is InChI=1S/C8H16N2O/c1-6(9)5-10-8(11)7-3-2-4-7/h6-7H,2-5,9H2,1H3,(H,10,11). The number of nitrogens with two attached hydrogens (primary N) is 1. The van der Waals surface area contributed by atoms with Gasteiger partial charge in [0.2, 0.25) is 5.91 Å². The molecule has 11 heavy (non-hydrogen) atoms. The fourth-order valence-corrected chi connectivity index (χ4v) is 1.08. The van der Waals surface area contributed by atoms with Gasteiger partial charge < -0.3 is 11.1 Å². The van der Waals surface area contributed by atoms with E-state index in [0.717, 1.165) is 12.8 Å². The Bertz CT molecular complexity index is 141. The molecule has 1 aliphatic rings. The van der Waals surface area contributed by atoms with Crippen molar-refractivity contribution in [2.24, 2.45) is 11.7 Å². The highest BCUT2D eigenvalue weighted by atomic mass is 16.1. The summed E-state index contributed by atoms with van der Waals surface area (Å²) in [5, 5.41) is 2.82. The Hall–Kier alpha value is -0.570. The normalized spacial score (nSPS) is 20.5. The minimum absolute atomic E-state index is 0.0685. The van der Waals surface area contributed by atoms with Crippen molar-refractivity contribution in [2.75, 3.05) is 6.54 Å². The fraction of sp³-hybridized carbons (Fsp3) is 0.875. The molecule has 0 aromatic rings. The lowest BCUT2D eigenvalue weighted by Crippen LogP contribution is -2.40. The Morgan fingerprint density at radius 2 is 2.36 bits per heavy atom. The Morgan fingerprint density at radius 3 is 2.73 bits per heavy atom. The van der Waals surface area contributed by atoms with Gasteiger partial charge in [-0.3, -0.25) is 4.79 Å². The third kappa shape index (κ3) is 2.50. The fourth-order valence-electron chi connectivity index (χ4n) is 1.08. The Kier molecular flexibility index (Phi) is 2.88. The van der Waals surface area contributed by atoms with Crippen LogP contribution in [0, 0.1) is 5.92 Å². The van der Waals surface area contributed by atoms with E-state index in [2.05, 4.69) is 5.32 Å². The van der Waals surface area contributed by atoms with Crippen molar-refractivity contribution in [3.63, 3.8) is 0 Å². The van der Waals surface area contributed by atoms with E-state index in [1.165, 1.54) is 6.42 Å².